The number of benzene rings is 1. The SMILES string of the molecule is N=C(N)CC(Sc1ccc(Br)cn1)c1ccccc1. The zero-order valence-electron chi connectivity index (χ0n) is 10.2. The molecule has 1 aromatic heterocycles. The molecule has 0 aliphatic carbocycles. The van der Waals surface area contributed by atoms with E-state index in [0.717, 1.165) is 15.1 Å². The number of hydrogen-bond donors (Lipinski definition) is 2. The van der Waals surface area contributed by atoms with Gasteiger partial charge in [0.15, 0.2) is 0 Å². The van der Waals surface area contributed by atoms with E-state index in [9.17, 15) is 0 Å². The molecule has 1 atom stereocenters. The van der Waals surface area contributed by atoms with Crippen LogP contribution in [0.5, 0.6) is 0 Å². The van der Waals surface area contributed by atoms with Crippen molar-refractivity contribution in [3.63, 3.8) is 0 Å². The molecule has 98 valence electrons. The van der Waals surface area contributed by atoms with Crippen LogP contribution in [0.15, 0.2) is 58.2 Å². The molecule has 2 aromatic rings. The van der Waals surface area contributed by atoms with Gasteiger partial charge < -0.3 is 5.73 Å². The van der Waals surface area contributed by atoms with Crippen molar-refractivity contribution in [3.05, 3.63) is 58.7 Å². The summed E-state index contributed by atoms with van der Waals surface area (Å²) in [6.07, 6.45) is 2.30. The maximum Gasteiger partial charge on any atom is 0.0966 e. The highest BCUT2D eigenvalue weighted by molar-refractivity contribution is 9.10. The summed E-state index contributed by atoms with van der Waals surface area (Å²) in [6, 6.07) is 14.0. The summed E-state index contributed by atoms with van der Waals surface area (Å²) in [5.74, 6) is 0.193. The Morgan fingerprint density at radius 2 is 2.00 bits per heavy atom. The van der Waals surface area contributed by atoms with Gasteiger partial charge >= 0.3 is 0 Å². The average Bonchev–Trinajstić information content (AvgIpc) is 2.41. The summed E-state index contributed by atoms with van der Waals surface area (Å²) < 4.78 is 0.958. The van der Waals surface area contributed by atoms with Crippen LogP contribution in [0, 0.1) is 5.41 Å². The molecule has 0 aliphatic rings. The van der Waals surface area contributed by atoms with Crippen molar-refractivity contribution >= 4 is 33.5 Å². The molecule has 0 radical (unpaired) electrons. The van der Waals surface area contributed by atoms with Crippen molar-refractivity contribution in [2.24, 2.45) is 5.73 Å². The number of nitrogens with zero attached hydrogens (tertiary/aromatic N) is 1. The third kappa shape index (κ3) is 4.36. The fourth-order valence-corrected chi connectivity index (χ4v) is 3.02. The number of nitrogens with one attached hydrogen (secondary N) is 1. The van der Waals surface area contributed by atoms with Crippen LogP contribution in [0.1, 0.15) is 17.2 Å². The Morgan fingerprint density at radius 1 is 1.26 bits per heavy atom. The Balaban J connectivity index is 2.19. The molecule has 0 amide bonds. The highest BCUT2D eigenvalue weighted by atomic mass is 79.9. The fraction of sp³-hybridized carbons (Fsp3) is 0.143. The molecule has 3 nitrogen and oxygen atoms in total. The fourth-order valence-electron chi connectivity index (χ4n) is 1.67. The van der Waals surface area contributed by atoms with Gasteiger partial charge in [-0.25, -0.2) is 4.98 Å². The highest BCUT2D eigenvalue weighted by Crippen LogP contribution is 2.36. The first-order valence-corrected chi connectivity index (χ1v) is 7.48. The normalized spacial score (nSPS) is 12.1. The van der Waals surface area contributed by atoms with E-state index in [2.05, 4.69) is 33.0 Å². The second-order valence-corrected chi connectivity index (χ2v) is 6.20. The number of aromatic nitrogens is 1. The first-order valence-electron chi connectivity index (χ1n) is 5.81. The number of thioether (sulfide) groups is 1. The molecular weight excluding hydrogens is 322 g/mol. The van der Waals surface area contributed by atoms with Gasteiger partial charge in [-0.15, -0.1) is 0 Å². The van der Waals surface area contributed by atoms with E-state index in [1.807, 2.05) is 30.3 Å². The van der Waals surface area contributed by atoms with E-state index in [1.165, 1.54) is 0 Å². The summed E-state index contributed by atoms with van der Waals surface area (Å²) in [4.78, 5) is 4.36. The van der Waals surface area contributed by atoms with Crippen molar-refractivity contribution in [2.75, 3.05) is 0 Å². The van der Waals surface area contributed by atoms with Crippen molar-refractivity contribution < 1.29 is 0 Å². The minimum absolute atomic E-state index is 0.118. The number of amidine groups is 1. The predicted octanol–water partition coefficient (Wildman–Crippen LogP) is 4.00. The lowest BCUT2D eigenvalue weighted by atomic mass is 10.1. The average molecular weight is 336 g/mol. The van der Waals surface area contributed by atoms with Gasteiger partial charge in [0.2, 0.25) is 0 Å². The van der Waals surface area contributed by atoms with Crippen LogP contribution < -0.4 is 5.73 Å². The molecule has 2 rings (SSSR count). The maximum absolute atomic E-state index is 7.51. The minimum Gasteiger partial charge on any atom is -0.388 e. The largest absolute Gasteiger partial charge is 0.388 e. The highest BCUT2D eigenvalue weighted by Gasteiger charge is 2.15. The van der Waals surface area contributed by atoms with Crippen LogP contribution >= 0.6 is 27.7 Å². The van der Waals surface area contributed by atoms with Crippen molar-refractivity contribution in [1.29, 1.82) is 5.41 Å². The third-order valence-corrected chi connectivity index (χ3v) is 4.22. The number of nitrogens with two attached hydrogens (primary N) is 1. The van der Waals surface area contributed by atoms with Crippen LogP contribution in [-0.2, 0) is 0 Å². The molecule has 0 spiro atoms. The van der Waals surface area contributed by atoms with E-state index in [4.69, 9.17) is 11.1 Å². The Hall–Kier alpha value is -1.33. The Bertz CT molecular complexity index is 542. The van der Waals surface area contributed by atoms with Gasteiger partial charge in [0.25, 0.3) is 0 Å². The summed E-state index contributed by atoms with van der Waals surface area (Å²) in [6.45, 7) is 0. The van der Waals surface area contributed by atoms with Crippen LogP contribution in [0.4, 0.5) is 0 Å². The molecule has 1 aromatic carbocycles. The third-order valence-electron chi connectivity index (χ3n) is 2.54. The molecule has 0 aliphatic heterocycles. The van der Waals surface area contributed by atoms with Gasteiger partial charge in [0, 0.05) is 22.3 Å². The van der Waals surface area contributed by atoms with E-state index in [0.29, 0.717) is 6.42 Å². The number of halogens is 1. The van der Waals surface area contributed by atoms with Crippen molar-refractivity contribution in [1.82, 2.24) is 4.98 Å². The molecule has 3 N–H and O–H groups in total. The lowest BCUT2D eigenvalue weighted by Crippen LogP contribution is -2.13. The molecule has 1 unspecified atom stereocenters. The van der Waals surface area contributed by atoms with Crippen LogP contribution in [0.3, 0.4) is 0 Å². The standard InChI is InChI=1S/C14H14BrN3S/c15-11-6-7-14(18-9-11)19-12(8-13(16)17)10-4-2-1-3-5-10/h1-7,9,12H,8H2,(H3,16,17). The van der Waals surface area contributed by atoms with Crippen LogP contribution in [0.25, 0.3) is 0 Å². The Kier molecular flexibility index (Phi) is 4.99. The first-order chi connectivity index (χ1) is 9.15. The van der Waals surface area contributed by atoms with E-state index in [1.54, 1.807) is 18.0 Å². The van der Waals surface area contributed by atoms with Gasteiger partial charge in [-0.2, -0.15) is 0 Å². The number of hydrogen-bond acceptors (Lipinski definition) is 3. The van der Waals surface area contributed by atoms with E-state index < -0.39 is 0 Å². The van der Waals surface area contributed by atoms with Crippen molar-refractivity contribution in [3.8, 4) is 0 Å². The maximum atomic E-state index is 7.51. The van der Waals surface area contributed by atoms with Gasteiger partial charge in [-0.3, -0.25) is 5.41 Å². The van der Waals surface area contributed by atoms with Crippen LogP contribution in [-0.4, -0.2) is 10.8 Å². The molecule has 5 heteroatoms. The smallest absolute Gasteiger partial charge is 0.0966 e. The summed E-state index contributed by atoms with van der Waals surface area (Å²) >= 11 is 5.00. The molecule has 0 fully saturated rings. The second kappa shape index (κ2) is 6.73. The summed E-state index contributed by atoms with van der Waals surface area (Å²) in [5, 5.41) is 8.56. The quantitative estimate of drug-likeness (QED) is 0.493. The Labute approximate surface area is 125 Å². The Morgan fingerprint density at radius 3 is 2.58 bits per heavy atom. The lowest BCUT2D eigenvalue weighted by Gasteiger charge is -2.15. The molecular formula is C14H14BrN3S. The monoisotopic (exact) mass is 335 g/mol. The number of rotatable bonds is 5. The first kappa shape index (κ1) is 14.1. The zero-order valence-corrected chi connectivity index (χ0v) is 12.6. The second-order valence-electron chi connectivity index (χ2n) is 4.06. The lowest BCUT2D eigenvalue weighted by molar-refractivity contribution is 0.974. The van der Waals surface area contributed by atoms with Crippen LogP contribution in [0.2, 0.25) is 0 Å². The van der Waals surface area contributed by atoms with E-state index >= 15 is 0 Å². The summed E-state index contributed by atoms with van der Waals surface area (Å²) in [7, 11) is 0. The topological polar surface area (TPSA) is 62.8 Å². The summed E-state index contributed by atoms with van der Waals surface area (Å²) in [5.41, 5.74) is 6.71. The number of pyridine rings is 1. The molecule has 0 bridgehead atoms. The van der Waals surface area contributed by atoms with Gasteiger partial charge in [-0.05, 0) is 33.6 Å². The predicted molar refractivity (Wildman–Crippen MR) is 83.5 cm³/mol. The van der Waals surface area contributed by atoms with Gasteiger partial charge in [0.05, 0.1) is 10.9 Å². The van der Waals surface area contributed by atoms with Crippen molar-refractivity contribution in [2.45, 2.75) is 16.7 Å². The van der Waals surface area contributed by atoms with Gasteiger partial charge in [-0.1, -0.05) is 42.1 Å². The molecule has 19 heavy (non-hydrogen) atoms. The minimum atomic E-state index is 0.118. The molecule has 1 heterocycles. The van der Waals surface area contributed by atoms with Gasteiger partial charge in [0.1, 0.15) is 0 Å². The molecule has 0 saturated heterocycles. The zero-order chi connectivity index (χ0) is 13.7. The molecule has 0 saturated carbocycles. The van der Waals surface area contributed by atoms with E-state index in [-0.39, 0.29) is 11.1 Å².